The quantitative estimate of drug-likeness (QED) is 0.452. The van der Waals surface area contributed by atoms with Crippen LogP contribution in [-0.4, -0.2) is 25.0 Å². The van der Waals surface area contributed by atoms with E-state index >= 15 is 0 Å². The van der Waals surface area contributed by atoms with Gasteiger partial charge in [-0.15, -0.1) is 0 Å². The van der Waals surface area contributed by atoms with Crippen molar-refractivity contribution in [3.8, 4) is 17.2 Å². The molecule has 1 unspecified atom stereocenters. The van der Waals surface area contributed by atoms with Gasteiger partial charge in [-0.1, -0.05) is 40.9 Å². The number of amides is 1. The second-order valence-corrected chi connectivity index (χ2v) is 9.40. The van der Waals surface area contributed by atoms with Crippen molar-refractivity contribution >= 4 is 46.7 Å². The summed E-state index contributed by atoms with van der Waals surface area (Å²) in [4.78, 5) is 24.0. The fourth-order valence-corrected chi connectivity index (χ4v) is 4.59. The Morgan fingerprint density at radius 2 is 1.83 bits per heavy atom. The predicted octanol–water partition coefficient (Wildman–Crippen LogP) is 2.34. The molecular weight excluding hydrogens is 536 g/mol. The zero-order valence-corrected chi connectivity index (χ0v) is 24.0. The zero-order chi connectivity index (χ0) is 25.1. The third-order valence-corrected chi connectivity index (χ3v) is 6.62. The number of halogens is 3. The number of ether oxygens (including phenoxy) is 2. The van der Waals surface area contributed by atoms with E-state index in [4.69, 9.17) is 44.3 Å². The molecular formula is C26H21Cl3NNaO5. The molecule has 0 saturated heterocycles. The van der Waals surface area contributed by atoms with E-state index in [1.807, 2.05) is 13.0 Å². The first-order valence-electron chi connectivity index (χ1n) is 10.9. The van der Waals surface area contributed by atoms with Crippen molar-refractivity contribution in [3.63, 3.8) is 0 Å². The Bertz CT molecular complexity index is 1300. The number of nitrogens with one attached hydrogen (secondary N) is 1. The van der Waals surface area contributed by atoms with Crippen molar-refractivity contribution in [1.29, 1.82) is 0 Å². The summed E-state index contributed by atoms with van der Waals surface area (Å²) >= 11 is 18.5. The molecule has 10 heteroatoms. The molecule has 4 rings (SSSR count). The van der Waals surface area contributed by atoms with Gasteiger partial charge in [-0.2, -0.15) is 0 Å². The molecule has 1 amide bonds. The van der Waals surface area contributed by atoms with Crippen molar-refractivity contribution < 1.29 is 53.7 Å². The number of aryl methyl sites for hydroxylation is 1. The fourth-order valence-electron chi connectivity index (χ4n) is 3.87. The first-order chi connectivity index (χ1) is 16.7. The summed E-state index contributed by atoms with van der Waals surface area (Å²) in [5.41, 5.74) is 2.57. The molecule has 3 aromatic rings. The van der Waals surface area contributed by atoms with Crippen molar-refractivity contribution in [2.45, 2.75) is 25.7 Å². The van der Waals surface area contributed by atoms with Crippen molar-refractivity contribution in [3.05, 3.63) is 85.9 Å². The number of aliphatic carboxylic acids is 1. The summed E-state index contributed by atoms with van der Waals surface area (Å²) in [7, 11) is 0. The van der Waals surface area contributed by atoms with Gasteiger partial charge in [-0.25, -0.2) is 0 Å². The van der Waals surface area contributed by atoms with Crippen LogP contribution in [0.25, 0.3) is 0 Å². The van der Waals surface area contributed by atoms with Gasteiger partial charge in [-0.05, 0) is 67.3 Å². The maximum Gasteiger partial charge on any atom is 1.00 e. The Balaban J connectivity index is 0.00000361. The molecule has 182 valence electrons. The van der Waals surface area contributed by atoms with Crippen LogP contribution in [0.15, 0.2) is 48.5 Å². The van der Waals surface area contributed by atoms with Gasteiger partial charge >= 0.3 is 29.6 Å². The number of hydrogen-bond acceptors (Lipinski definition) is 5. The minimum atomic E-state index is -1.17. The number of hydrogen-bond donors (Lipinski definition) is 1. The molecule has 1 atom stereocenters. The number of carbonyl (C=O) groups is 2. The first kappa shape index (κ1) is 28.6. The van der Waals surface area contributed by atoms with Gasteiger partial charge in [0.2, 0.25) is 0 Å². The molecule has 0 spiro atoms. The van der Waals surface area contributed by atoms with Gasteiger partial charge in [-0.3, -0.25) is 4.79 Å². The molecule has 1 aliphatic rings. The van der Waals surface area contributed by atoms with Gasteiger partial charge in [0.1, 0.15) is 17.2 Å². The van der Waals surface area contributed by atoms with E-state index in [9.17, 15) is 14.7 Å². The van der Waals surface area contributed by atoms with E-state index in [0.29, 0.717) is 57.8 Å². The average Bonchev–Trinajstić information content (AvgIpc) is 2.81. The van der Waals surface area contributed by atoms with Crippen LogP contribution >= 0.6 is 34.8 Å². The van der Waals surface area contributed by atoms with Crippen LogP contribution in [0.5, 0.6) is 17.2 Å². The van der Waals surface area contributed by atoms with Gasteiger partial charge in [0.05, 0.1) is 11.6 Å². The third kappa shape index (κ3) is 6.68. The minimum Gasteiger partial charge on any atom is -0.549 e. The number of fused-ring (bicyclic) bond motifs is 1. The topological polar surface area (TPSA) is 87.7 Å². The maximum absolute atomic E-state index is 12.6. The van der Waals surface area contributed by atoms with Crippen LogP contribution in [0.3, 0.4) is 0 Å². The number of carboxylic acids is 1. The third-order valence-electron chi connectivity index (χ3n) is 5.74. The van der Waals surface area contributed by atoms with Gasteiger partial charge in [0.15, 0.2) is 0 Å². The minimum absolute atomic E-state index is 0. The summed E-state index contributed by atoms with van der Waals surface area (Å²) in [6, 6.07) is 13.4. The van der Waals surface area contributed by atoms with E-state index < -0.39 is 11.9 Å². The number of rotatable bonds is 7. The van der Waals surface area contributed by atoms with E-state index in [0.717, 1.165) is 11.1 Å². The van der Waals surface area contributed by atoms with E-state index in [2.05, 4.69) is 5.32 Å². The molecule has 0 aliphatic carbocycles. The second-order valence-electron chi connectivity index (χ2n) is 8.15. The van der Waals surface area contributed by atoms with Crippen LogP contribution in [0.1, 0.15) is 39.4 Å². The smallest absolute Gasteiger partial charge is 0.549 e. The monoisotopic (exact) mass is 555 g/mol. The SMILES string of the molecule is Cc1cc(C(=O)NCCc2ccc(Cl)cc2Cl)ccc1Oc1cc2c(cc1Cl)C(C(=O)[O-])CCO2.[Na+]. The summed E-state index contributed by atoms with van der Waals surface area (Å²) in [6.45, 7) is 2.49. The van der Waals surface area contributed by atoms with E-state index in [1.54, 1.807) is 36.4 Å². The summed E-state index contributed by atoms with van der Waals surface area (Å²) in [5, 5.41) is 15.7. The predicted molar refractivity (Wildman–Crippen MR) is 133 cm³/mol. The number of benzene rings is 3. The molecule has 1 aliphatic heterocycles. The number of carboxylic acid groups (broad SMARTS) is 1. The van der Waals surface area contributed by atoms with Crippen molar-refractivity contribution in [2.24, 2.45) is 0 Å². The second kappa shape index (κ2) is 12.5. The molecule has 6 nitrogen and oxygen atoms in total. The van der Waals surface area contributed by atoms with Crippen LogP contribution < -0.4 is 49.5 Å². The Hall–Kier alpha value is -1.93. The van der Waals surface area contributed by atoms with Crippen LogP contribution in [0, 0.1) is 6.92 Å². The van der Waals surface area contributed by atoms with Crippen molar-refractivity contribution in [1.82, 2.24) is 5.32 Å². The maximum atomic E-state index is 12.6. The standard InChI is InChI=1S/C26H22Cl3NO5.Na/c1-14-10-16(25(31)30-8-6-15-2-4-17(27)11-20(15)28)3-5-22(14)35-24-13-23-19(12-21(24)29)18(26(32)33)7-9-34-23;/h2-5,10-13,18H,6-9H2,1H3,(H,30,31)(H,32,33);/q;+1/p-1. The molecule has 3 aromatic carbocycles. The van der Waals surface area contributed by atoms with Crippen LogP contribution in [0.4, 0.5) is 0 Å². The number of carbonyl (C=O) groups excluding carboxylic acids is 2. The molecule has 1 heterocycles. The Morgan fingerprint density at radius 3 is 2.53 bits per heavy atom. The average molecular weight is 557 g/mol. The molecule has 0 fully saturated rings. The van der Waals surface area contributed by atoms with Crippen molar-refractivity contribution in [2.75, 3.05) is 13.2 Å². The Kier molecular flexibility index (Phi) is 9.98. The Labute approximate surface area is 246 Å². The normalized spacial score (nSPS) is 14.2. The molecule has 0 aromatic heterocycles. The van der Waals surface area contributed by atoms with E-state index in [1.165, 1.54) is 6.07 Å². The van der Waals surface area contributed by atoms with Gasteiger partial charge in [0.25, 0.3) is 5.91 Å². The zero-order valence-electron chi connectivity index (χ0n) is 19.7. The van der Waals surface area contributed by atoms with Gasteiger partial charge < -0.3 is 24.7 Å². The molecule has 0 radical (unpaired) electrons. The Morgan fingerprint density at radius 1 is 1.06 bits per heavy atom. The summed E-state index contributed by atoms with van der Waals surface area (Å²) in [5.74, 6) is -0.938. The van der Waals surface area contributed by atoms with Gasteiger partial charge in [0, 0.05) is 45.7 Å². The fraction of sp³-hybridized carbons (Fsp3) is 0.231. The summed E-state index contributed by atoms with van der Waals surface area (Å²) in [6.07, 6.45) is 0.890. The summed E-state index contributed by atoms with van der Waals surface area (Å²) < 4.78 is 11.6. The molecule has 36 heavy (non-hydrogen) atoms. The molecule has 0 bridgehead atoms. The van der Waals surface area contributed by atoms with Crippen LogP contribution in [-0.2, 0) is 11.2 Å². The first-order valence-corrected chi connectivity index (χ1v) is 12.0. The molecule has 1 N–H and O–H groups in total. The van der Waals surface area contributed by atoms with E-state index in [-0.39, 0.29) is 47.1 Å². The largest absolute Gasteiger partial charge is 1.00 e. The van der Waals surface area contributed by atoms with Crippen LogP contribution in [0.2, 0.25) is 15.1 Å². The molecule has 0 saturated carbocycles.